The lowest BCUT2D eigenvalue weighted by Crippen LogP contribution is -2.32. The summed E-state index contributed by atoms with van der Waals surface area (Å²) in [5, 5.41) is 19.7. The minimum atomic E-state index is -1.49. The fourth-order valence-electron chi connectivity index (χ4n) is 16.2. The van der Waals surface area contributed by atoms with E-state index in [0.717, 1.165) is 83.1 Å². The minimum absolute atomic E-state index is 0.371. The summed E-state index contributed by atoms with van der Waals surface area (Å²) in [4.78, 5) is 19.8. The van der Waals surface area contributed by atoms with Gasteiger partial charge in [0.1, 0.15) is 0 Å². The van der Waals surface area contributed by atoms with Gasteiger partial charge in [-0.05, 0) is 142 Å². The van der Waals surface area contributed by atoms with Crippen molar-refractivity contribution in [2.24, 2.45) is 0 Å². The molecular weight excluding hydrogens is 1310 g/mol. The molecule has 2 N–H and O–H groups in total. The summed E-state index contributed by atoms with van der Waals surface area (Å²) in [5.41, 5.74) is 32.4. The molecule has 6 nitrogen and oxygen atoms in total. The Morgan fingerprint density at radius 1 is 0.216 bits per heavy atom. The number of rotatable bonds is 8. The molecule has 0 radical (unpaired) electrons. The Labute approximate surface area is 601 Å². The van der Waals surface area contributed by atoms with E-state index in [1.165, 1.54) is 83.5 Å². The van der Waals surface area contributed by atoms with Crippen LogP contribution in [0.15, 0.2) is 368 Å². The van der Waals surface area contributed by atoms with Crippen LogP contribution in [0.1, 0.15) is 44.5 Å². The first-order valence-corrected chi connectivity index (χ1v) is 35.2. The molecule has 0 atom stereocenters. The highest BCUT2D eigenvalue weighted by molar-refractivity contribution is 9.10. The van der Waals surface area contributed by atoms with Crippen LogP contribution in [-0.2, 0) is 10.8 Å². The van der Waals surface area contributed by atoms with Gasteiger partial charge in [0.2, 0.25) is 0 Å². The zero-order valence-electron chi connectivity index (χ0n) is 55.3. The van der Waals surface area contributed by atoms with Crippen molar-refractivity contribution < 1.29 is 10.0 Å². The van der Waals surface area contributed by atoms with Gasteiger partial charge in [0.15, 0.2) is 11.6 Å². The highest BCUT2D eigenvalue weighted by Crippen LogP contribution is 2.64. The molecule has 0 aliphatic heterocycles. The van der Waals surface area contributed by atoms with Gasteiger partial charge in [-0.25, -0.2) is 19.9 Å². The van der Waals surface area contributed by atoms with E-state index in [-0.39, 0.29) is 5.41 Å². The van der Waals surface area contributed by atoms with Crippen LogP contribution < -0.4 is 5.46 Å². The number of hydrogen-bond acceptors (Lipinski definition) is 6. The number of nitrogens with zero attached hydrogens (tertiary/aromatic N) is 4. The molecule has 0 unspecified atom stereocenters. The maximum atomic E-state index is 9.85. The SMILES string of the molecule is Brc1cccc(-c2nc(-c3ccccc3)cc(-c3ccccc3)n2)c1.OB(O)c1ccc2c(c1)C1(c3ccccc3-c3ccccc31)c1ccccc1-2.c1ccc(-c2cc(-c3ccccc3)nc(-c3cccc(-c4ccc5c(c4)C4(c6ccccc6-c6ccccc64)c4ccccc4-5)c3)n2)cc1. The Morgan fingerprint density at radius 3 is 0.843 bits per heavy atom. The van der Waals surface area contributed by atoms with Gasteiger partial charge >= 0.3 is 7.12 Å². The molecule has 20 rings (SSSR count). The van der Waals surface area contributed by atoms with Crippen molar-refractivity contribution in [3.63, 3.8) is 0 Å². The molecule has 2 spiro atoms. The van der Waals surface area contributed by atoms with Crippen molar-refractivity contribution in [3.8, 4) is 123 Å². The number of halogens is 1. The molecule has 0 amide bonds. The summed E-state index contributed by atoms with van der Waals surface area (Å²) >= 11 is 3.53. The molecule has 8 heteroatoms. The van der Waals surface area contributed by atoms with E-state index in [0.29, 0.717) is 11.3 Å². The van der Waals surface area contributed by atoms with Crippen molar-refractivity contribution in [1.29, 1.82) is 0 Å². The largest absolute Gasteiger partial charge is 0.488 e. The second-order valence-electron chi connectivity index (χ2n) is 26.2. The molecule has 0 saturated carbocycles. The van der Waals surface area contributed by atoms with Crippen LogP contribution in [0.3, 0.4) is 0 Å². The van der Waals surface area contributed by atoms with Gasteiger partial charge in [0, 0.05) is 37.9 Å². The van der Waals surface area contributed by atoms with Crippen LogP contribution in [0.2, 0.25) is 0 Å². The predicted octanol–water partition coefficient (Wildman–Crippen LogP) is 21.4. The molecule has 0 bridgehead atoms. The molecular formula is C94H62BBrN4O2. The highest BCUT2D eigenvalue weighted by atomic mass is 79.9. The molecule has 4 aliphatic rings. The van der Waals surface area contributed by atoms with E-state index in [1.54, 1.807) is 0 Å². The van der Waals surface area contributed by atoms with Crippen LogP contribution in [0.5, 0.6) is 0 Å². The van der Waals surface area contributed by atoms with E-state index in [4.69, 9.17) is 19.9 Å². The topological polar surface area (TPSA) is 92.0 Å². The molecule has 102 heavy (non-hydrogen) atoms. The van der Waals surface area contributed by atoms with E-state index in [2.05, 4.69) is 283 Å². The summed E-state index contributed by atoms with van der Waals surface area (Å²) in [6, 6.07) is 127. The van der Waals surface area contributed by atoms with Gasteiger partial charge in [-0.3, -0.25) is 0 Å². The van der Waals surface area contributed by atoms with Gasteiger partial charge in [-0.1, -0.05) is 344 Å². The van der Waals surface area contributed by atoms with E-state index in [9.17, 15) is 10.0 Å². The second-order valence-corrected chi connectivity index (χ2v) is 27.1. The third-order valence-electron chi connectivity index (χ3n) is 20.6. The average Bonchev–Trinajstić information content (AvgIpc) is 1.52. The molecule has 2 heterocycles. The maximum Gasteiger partial charge on any atom is 0.488 e. The molecule has 0 saturated heterocycles. The van der Waals surface area contributed by atoms with Crippen molar-refractivity contribution in [2.45, 2.75) is 10.8 Å². The first-order chi connectivity index (χ1) is 50.3. The Bertz CT molecular complexity index is 5670. The lowest BCUT2D eigenvalue weighted by molar-refractivity contribution is 0.425. The first kappa shape index (κ1) is 62.0. The van der Waals surface area contributed by atoms with Crippen molar-refractivity contribution in [2.75, 3.05) is 0 Å². The van der Waals surface area contributed by atoms with Crippen LogP contribution in [0, 0.1) is 0 Å². The second kappa shape index (κ2) is 25.8. The zero-order valence-corrected chi connectivity index (χ0v) is 56.9. The molecule has 2 aromatic heterocycles. The number of fused-ring (bicyclic) bond motifs is 20. The zero-order chi connectivity index (χ0) is 68.3. The average molecular weight is 1370 g/mol. The lowest BCUT2D eigenvalue weighted by atomic mass is 9.68. The predicted molar refractivity (Wildman–Crippen MR) is 419 cm³/mol. The van der Waals surface area contributed by atoms with Crippen LogP contribution >= 0.6 is 15.9 Å². The van der Waals surface area contributed by atoms with E-state index in [1.807, 2.05) is 97.1 Å². The molecule has 14 aromatic carbocycles. The summed E-state index contributed by atoms with van der Waals surface area (Å²) in [6.07, 6.45) is 0. The first-order valence-electron chi connectivity index (χ1n) is 34.4. The van der Waals surface area contributed by atoms with Crippen LogP contribution in [0.25, 0.3) is 123 Å². The highest BCUT2D eigenvalue weighted by Gasteiger charge is 2.53. The van der Waals surface area contributed by atoms with Crippen molar-refractivity contribution in [3.05, 3.63) is 413 Å². The maximum absolute atomic E-state index is 9.85. The lowest BCUT2D eigenvalue weighted by Gasteiger charge is -2.30. The summed E-state index contributed by atoms with van der Waals surface area (Å²) in [5.74, 6) is 1.44. The molecule has 480 valence electrons. The molecule has 4 aliphatic carbocycles. The Kier molecular flexibility index (Phi) is 15.7. The van der Waals surface area contributed by atoms with E-state index < -0.39 is 12.5 Å². The van der Waals surface area contributed by atoms with Gasteiger partial charge in [0.25, 0.3) is 0 Å². The monoisotopic (exact) mass is 1370 g/mol. The van der Waals surface area contributed by atoms with Crippen molar-refractivity contribution in [1.82, 2.24) is 19.9 Å². The van der Waals surface area contributed by atoms with Gasteiger partial charge in [-0.15, -0.1) is 0 Å². The van der Waals surface area contributed by atoms with E-state index >= 15 is 0 Å². The standard InChI is InChI=1S/C47H30N2.C25H17BO2.C22H15BrN2/c1-3-14-31(15-4-1)44-30-45(32-16-5-2-6-17-32)49-46(48-44)35-19-13-18-33(28-35)34-26-27-39-38-22-9-12-25-42(38)47(43(39)29-34)40-23-10-7-20-36(40)37-21-8-11-24-41(37)47;27-26(28)16-13-14-20-19-9-3-6-12-23(19)25(24(20)15-16)21-10-4-1-7-17(21)18-8-2-5-11-22(18)25;23-19-13-7-12-18(14-19)22-24-20(16-8-3-1-4-9-16)15-21(25-22)17-10-5-2-6-11-17/h1-30H;1-15,27-28H;1-15H. The molecule has 0 fully saturated rings. The summed E-state index contributed by atoms with van der Waals surface area (Å²) in [6.45, 7) is 0. The fourth-order valence-corrected chi connectivity index (χ4v) is 16.6. The number of aromatic nitrogens is 4. The summed E-state index contributed by atoms with van der Waals surface area (Å²) < 4.78 is 1.01. The number of hydrogen-bond donors (Lipinski definition) is 2. The van der Waals surface area contributed by atoms with Crippen LogP contribution in [-0.4, -0.2) is 37.1 Å². The normalized spacial score (nSPS) is 12.8. The number of benzene rings is 14. The third kappa shape index (κ3) is 10.4. The Morgan fingerprint density at radius 2 is 0.490 bits per heavy atom. The Hall–Kier alpha value is -12.3. The third-order valence-corrected chi connectivity index (χ3v) is 21.1. The fraction of sp³-hybridized carbons (Fsp3) is 0.0213. The quantitative estimate of drug-likeness (QED) is 0.147. The molecule has 16 aromatic rings. The van der Waals surface area contributed by atoms with Gasteiger partial charge in [-0.2, -0.15) is 0 Å². The van der Waals surface area contributed by atoms with Crippen LogP contribution in [0.4, 0.5) is 0 Å². The van der Waals surface area contributed by atoms with Crippen molar-refractivity contribution >= 4 is 28.5 Å². The van der Waals surface area contributed by atoms with Gasteiger partial charge in [0.05, 0.1) is 33.6 Å². The minimum Gasteiger partial charge on any atom is -0.423 e. The Balaban J connectivity index is 0.000000119. The van der Waals surface area contributed by atoms with Gasteiger partial charge < -0.3 is 10.0 Å². The smallest absolute Gasteiger partial charge is 0.423 e. The summed E-state index contributed by atoms with van der Waals surface area (Å²) in [7, 11) is -1.49.